The van der Waals surface area contributed by atoms with Crippen LogP contribution < -0.4 is 4.74 Å². The molecule has 6 nitrogen and oxygen atoms in total. The number of carbonyl (C=O) groups excluding carboxylic acids is 1. The molecule has 0 unspecified atom stereocenters. The summed E-state index contributed by atoms with van der Waals surface area (Å²) in [6, 6.07) is 13.9. The van der Waals surface area contributed by atoms with E-state index in [-0.39, 0.29) is 17.3 Å². The van der Waals surface area contributed by atoms with E-state index in [1.54, 1.807) is 18.0 Å². The SMILES string of the molecule is COc1ccc(S(=O)(=O)N(C)Cc2ccccc2)cc1C(=O)N1CCCCCC1. The van der Waals surface area contributed by atoms with Gasteiger partial charge in [0.05, 0.1) is 17.6 Å². The number of amides is 1. The smallest absolute Gasteiger partial charge is 0.257 e. The molecular formula is C22H28N2O4S. The number of sulfonamides is 1. The van der Waals surface area contributed by atoms with Crippen molar-refractivity contribution in [3.05, 3.63) is 59.7 Å². The van der Waals surface area contributed by atoms with Crippen LogP contribution in [0.4, 0.5) is 0 Å². The highest BCUT2D eigenvalue weighted by Gasteiger charge is 2.26. The third-order valence-electron chi connectivity index (χ3n) is 5.25. The second-order valence-electron chi connectivity index (χ2n) is 7.32. The van der Waals surface area contributed by atoms with E-state index >= 15 is 0 Å². The fraction of sp³-hybridized carbons (Fsp3) is 0.409. The molecule has 7 heteroatoms. The molecule has 2 aromatic carbocycles. The van der Waals surface area contributed by atoms with Crippen molar-refractivity contribution in [2.24, 2.45) is 0 Å². The van der Waals surface area contributed by atoms with E-state index in [4.69, 9.17) is 4.74 Å². The van der Waals surface area contributed by atoms with E-state index in [1.807, 2.05) is 30.3 Å². The third kappa shape index (κ3) is 4.97. The molecule has 0 radical (unpaired) electrons. The Labute approximate surface area is 173 Å². The summed E-state index contributed by atoms with van der Waals surface area (Å²) in [5.41, 5.74) is 1.19. The highest BCUT2D eigenvalue weighted by Crippen LogP contribution is 2.27. The Morgan fingerprint density at radius 2 is 1.69 bits per heavy atom. The van der Waals surface area contributed by atoms with Crippen LogP contribution in [0, 0.1) is 0 Å². The normalized spacial score (nSPS) is 15.2. The van der Waals surface area contributed by atoms with Crippen LogP contribution in [0.15, 0.2) is 53.4 Å². The number of hydrogen-bond donors (Lipinski definition) is 0. The van der Waals surface area contributed by atoms with Crippen molar-refractivity contribution >= 4 is 15.9 Å². The minimum absolute atomic E-state index is 0.0925. The fourth-order valence-electron chi connectivity index (χ4n) is 3.56. The van der Waals surface area contributed by atoms with Crippen molar-refractivity contribution in [1.29, 1.82) is 0 Å². The van der Waals surface area contributed by atoms with Crippen molar-refractivity contribution in [3.8, 4) is 5.75 Å². The van der Waals surface area contributed by atoms with Gasteiger partial charge in [-0.05, 0) is 36.6 Å². The van der Waals surface area contributed by atoms with Gasteiger partial charge in [-0.2, -0.15) is 4.31 Å². The van der Waals surface area contributed by atoms with Crippen molar-refractivity contribution < 1.29 is 17.9 Å². The summed E-state index contributed by atoms with van der Waals surface area (Å²) >= 11 is 0. The van der Waals surface area contributed by atoms with Gasteiger partial charge in [-0.15, -0.1) is 0 Å². The van der Waals surface area contributed by atoms with Gasteiger partial charge in [0.1, 0.15) is 5.75 Å². The standard InChI is InChI=1S/C22H28N2O4S/c1-23(17-18-10-6-5-7-11-18)29(26,27)19-12-13-21(28-2)20(16-19)22(25)24-14-8-3-4-9-15-24/h5-7,10-13,16H,3-4,8-9,14-15,17H2,1-2H3. The Morgan fingerprint density at radius 3 is 2.31 bits per heavy atom. The lowest BCUT2D eigenvalue weighted by Gasteiger charge is -2.23. The predicted octanol–water partition coefficient (Wildman–Crippen LogP) is 3.53. The molecule has 0 N–H and O–H groups in total. The minimum Gasteiger partial charge on any atom is -0.496 e. The van der Waals surface area contributed by atoms with Crippen LogP contribution in [0.3, 0.4) is 0 Å². The van der Waals surface area contributed by atoms with Crippen molar-refractivity contribution in [2.75, 3.05) is 27.2 Å². The number of benzene rings is 2. The van der Waals surface area contributed by atoms with E-state index in [9.17, 15) is 13.2 Å². The molecule has 1 amide bonds. The molecule has 1 saturated heterocycles. The summed E-state index contributed by atoms with van der Waals surface area (Å²) in [5.74, 6) is 0.218. The first-order valence-corrected chi connectivity index (χ1v) is 11.3. The molecule has 0 saturated carbocycles. The number of methoxy groups -OCH3 is 1. The zero-order valence-electron chi connectivity index (χ0n) is 17.0. The Bertz CT molecular complexity index is 937. The van der Waals surface area contributed by atoms with Crippen molar-refractivity contribution in [3.63, 3.8) is 0 Å². The van der Waals surface area contributed by atoms with Crippen LogP contribution in [-0.4, -0.2) is 50.8 Å². The summed E-state index contributed by atoms with van der Waals surface area (Å²) in [5, 5.41) is 0. The van der Waals surface area contributed by atoms with E-state index in [0.29, 0.717) is 24.4 Å². The predicted molar refractivity (Wildman–Crippen MR) is 112 cm³/mol. The number of rotatable bonds is 6. The number of ether oxygens (including phenoxy) is 1. The number of hydrogen-bond acceptors (Lipinski definition) is 4. The first-order valence-electron chi connectivity index (χ1n) is 9.91. The third-order valence-corrected chi connectivity index (χ3v) is 7.05. The zero-order chi connectivity index (χ0) is 20.9. The fourth-order valence-corrected chi connectivity index (χ4v) is 4.75. The maximum atomic E-state index is 13.1. The molecule has 0 aromatic heterocycles. The second kappa shape index (κ2) is 9.41. The molecule has 2 aromatic rings. The Balaban J connectivity index is 1.89. The molecule has 0 bridgehead atoms. The van der Waals surface area contributed by atoms with Crippen LogP contribution in [0.5, 0.6) is 5.75 Å². The van der Waals surface area contributed by atoms with Gasteiger partial charge in [-0.25, -0.2) is 8.42 Å². The summed E-state index contributed by atoms with van der Waals surface area (Å²) in [6.07, 6.45) is 4.15. The lowest BCUT2D eigenvalue weighted by atomic mass is 10.1. The number of likely N-dealkylation sites (tertiary alicyclic amines) is 1. The molecule has 29 heavy (non-hydrogen) atoms. The Hall–Kier alpha value is -2.38. The minimum atomic E-state index is -3.75. The molecule has 0 aliphatic carbocycles. The van der Waals surface area contributed by atoms with Gasteiger partial charge in [0.2, 0.25) is 10.0 Å². The summed E-state index contributed by atoms with van der Waals surface area (Å²) in [4.78, 5) is 15.0. The number of nitrogens with zero attached hydrogens (tertiary/aromatic N) is 2. The monoisotopic (exact) mass is 416 g/mol. The Morgan fingerprint density at radius 1 is 1.03 bits per heavy atom. The number of carbonyl (C=O) groups is 1. The van der Waals surface area contributed by atoms with Crippen molar-refractivity contribution in [2.45, 2.75) is 37.1 Å². The van der Waals surface area contributed by atoms with Crippen LogP contribution in [0.1, 0.15) is 41.6 Å². The molecule has 1 aliphatic heterocycles. The van der Waals surface area contributed by atoms with Crippen molar-refractivity contribution in [1.82, 2.24) is 9.21 Å². The zero-order valence-corrected chi connectivity index (χ0v) is 17.8. The molecule has 1 aliphatic rings. The van der Waals surface area contributed by atoms with E-state index in [2.05, 4.69) is 0 Å². The highest BCUT2D eigenvalue weighted by atomic mass is 32.2. The topological polar surface area (TPSA) is 66.9 Å². The molecular weight excluding hydrogens is 388 g/mol. The van der Waals surface area contributed by atoms with Gasteiger partial charge < -0.3 is 9.64 Å². The maximum absolute atomic E-state index is 13.1. The van der Waals surface area contributed by atoms with E-state index in [0.717, 1.165) is 31.2 Å². The van der Waals surface area contributed by atoms with E-state index < -0.39 is 10.0 Å². The van der Waals surface area contributed by atoms with Gasteiger partial charge >= 0.3 is 0 Å². The largest absolute Gasteiger partial charge is 0.496 e. The quantitative estimate of drug-likeness (QED) is 0.723. The maximum Gasteiger partial charge on any atom is 0.257 e. The second-order valence-corrected chi connectivity index (χ2v) is 9.36. The van der Waals surface area contributed by atoms with Crippen LogP contribution in [0.25, 0.3) is 0 Å². The first-order chi connectivity index (χ1) is 13.9. The van der Waals surface area contributed by atoms with Gasteiger partial charge in [-0.3, -0.25) is 4.79 Å². The molecule has 0 spiro atoms. The Kier molecular flexibility index (Phi) is 6.92. The van der Waals surface area contributed by atoms with E-state index in [1.165, 1.54) is 23.5 Å². The van der Waals surface area contributed by atoms with Gasteiger partial charge in [0.15, 0.2) is 0 Å². The lowest BCUT2D eigenvalue weighted by Crippen LogP contribution is -2.32. The molecule has 0 atom stereocenters. The highest BCUT2D eigenvalue weighted by molar-refractivity contribution is 7.89. The summed E-state index contributed by atoms with van der Waals surface area (Å²) < 4.78 is 32.9. The van der Waals surface area contributed by atoms with Gasteiger partial charge in [-0.1, -0.05) is 43.2 Å². The summed E-state index contributed by atoms with van der Waals surface area (Å²) in [7, 11) is -0.714. The van der Waals surface area contributed by atoms with Crippen LogP contribution in [0.2, 0.25) is 0 Å². The molecule has 3 rings (SSSR count). The average molecular weight is 417 g/mol. The van der Waals surface area contributed by atoms with Crippen LogP contribution in [-0.2, 0) is 16.6 Å². The molecule has 156 valence electrons. The summed E-state index contributed by atoms with van der Waals surface area (Å²) in [6.45, 7) is 1.63. The van der Waals surface area contributed by atoms with Crippen LogP contribution >= 0.6 is 0 Å². The molecule has 1 fully saturated rings. The average Bonchev–Trinajstić information content (AvgIpc) is 3.03. The lowest BCUT2D eigenvalue weighted by molar-refractivity contribution is 0.0758. The first kappa shape index (κ1) is 21.3. The molecule has 1 heterocycles. The van der Waals surface area contributed by atoms with Gasteiger partial charge in [0.25, 0.3) is 5.91 Å². The van der Waals surface area contributed by atoms with Gasteiger partial charge in [0, 0.05) is 26.7 Å².